The minimum atomic E-state index is 0.0896. The first kappa shape index (κ1) is 11.7. The van der Waals surface area contributed by atoms with Gasteiger partial charge in [0.2, 0.25) is 0 Å². The van der Waals surface area contributed by atoms with E-state index in [-0.39, 0.29) is 11.9 Å². The Morgan fingerprint density at radius 3 is 2.47 bits per heavy atom. The van der Waals surface area contributed by atoms with Crippen LogP contribution in [0.3, 0.4) is 0 Å². The van der Waals surface area contributed by atoms with Crippen molar-refractivity contribution in [2.45, 2.75) is 20.0 Å². The van der Waals surface area contributed by atoms with Gasteiger partial charge >= 0.3 is 0 Å². The molecule has 0 bridgehead atoms. The molecule has 0 amide bonds. The average Bonchev–Trinajstić information content (AvgIpc) is 2.26. The molecule has 1 rings (SSSR count). The van der Waals surface area contributed by atoms with Crippen molar-refractivity contribution in [2.24, 2.45) is 0 Å². The van der Waals surface area contributed by atoms with E-state index in [2.05, 4.69) is 5.32 Å². The number of carbonyl (C=O) groups excluding carboxylic acids is 1. The summed E-state index contributed by atoms with van der Waals surface area (Å²) in [7, 11) is 1.69. The number of ketones is 1. The van der Waals surface area contributed by atoms with Crippen LogP contribution in [-0.2, 0) is 4.74 Å². The Morgan fingerprint density at radius 2 is 2.00 bits per heavy atom. The van der Waals surface area contributed by atoms with Crippen molar-refractivity contribution in [3.63, 3.8) is 0 Å². The van der Waals surface area contributed by atoms with Gasteiger partial charge in [0.05, 0.1) is 6.10 Å². The third-order valence-corrected chi connectivity index (χ3v) is 2.29. The predicted octanol–water partition coefficient (Wildman–Crippen LogP) is 2.34. The number of Topliss-reactive ketones (excluding diaryl/α,β-unsaturated/α-hetero) is 1. The molecule has 0 aliphatic carbocycles. The SMILES string of the molecule is COC(C)CNc1ccc(C(C)=O)cc1. The van der Waals surface area contributed by atoms with Crippen molar-refractivity contribution < 1.29 is 9.53 Å². The molecule has 0 radical (unpaired) electrons. The lowest BCUT2D eigenvalue weighted by atomic mass is 10.1. The lowest BCUT2D eigenvalue weighted by Crippen LogP contribution is -2.17. The number of carbonyl (C=O) groups is 1. The van der Waals surface area contributed by atoms with Crippen molar-refractivity contribution in [1.82, 2.24) is 0 Å². The minimum Gasteiger partial charge on any atom is -0.382 e. The monoisotopic (exact) mass is 207 g/mol. The van der Waals surface area contributed by atoms with Crippen LogP contribution in [-0.4, -0.2) is 25.5 Å². The van der Waals surface area contributed by atoms with Crippen LogP contribution in [0.1, 0.15) is 24.2 Å². The Bertz CT molecular complexity index is 319. The Hall–Kier alpha value is -1.35. The Kier molecular flexibility index (Phi) is 4.31. The minimum absolute atomic E-state index is 0.0896. The van der Waals surface area contributed by atoms with E-state index in [9.17, 15) is 4.79 Å². The van der Waals surface area contributed by atoms with Gasteiger partial charge in [0.1, 0.15) is 0 Å². The maximum absolute atomic E-state index is 11.0. The fourth-order valence-electron chi connectivity index (χ4n) is 1.17. The highest BCUT2D eigenvalue weighted by Gasteiger charge is 2.00. The van der Waals surface area contributed by atoms with Gasteiger partial charge in [-0.3, -0.25) is 4.79 Å². The van der Waals surface area contributed by atoms with E-state index in [4.69, 9.17) is 4.74 Å². The van der Waals surface area contributed by atoms with E-state index in [1.165, 1.54) is 0 Å². The number of hydrogen-bond acceptors (Lipinski definition) is 3. The molecule has 0 spiro atoms. The number of anilines is 1. The van der Waals surface area contributed by atoms with Gasteiger partial charge in [-0.2, -0.15) is 0 Å². The molecular formula is C12H17NO2. The van der Waals surface area contributed by atoms with E-state index in [1.807, 2.05) is 31.2 Å². The Morgan fingerprint density at radius 1 is 1.40 bits per heavy atom. The molecule has 0 saturated heterocycles. The quantitative estimate of drug-likeness (QED) is 0.753. The number of nitrogens with one attached hydrogen (secondary N) is 1. The summed E-state index contributed by atoms with van der Waals surface area (Å²) in [6.45, 7) is 4.32. The number of benzene rings is 1. The molecular weight excluding hydrogens is 190 g/mol. The summed E-state index contributed by atoms with van der Waals surface area (Å²) < 4.78 is 5.12. The van der Waals surface area contributed by atoms with Gasteiger partial charge < -0.3 is 10.1 Å². The summed E-state index contributed by atoms with van der Waals surface area (Å²) in [6, 6.07) is 7.45. The summed E-state index contributed by atoms with van der Waals surface area (Å²) in [5.41, 5.74) is 1.74. The fraction of sp³-hybridized carbons (Fsp3) is 0.417. The maximum Gasteiger partial charge on any atom is 0.159 e. The van der Waals surface area contributed by atoms with Gasteiger partial charge in [-0.1, -0.05) is 0 Å². The highest BCUT2D eigenvalue weighted by molar-refractivity contribution is 5.94. The predicted molar refractivity (Wildman–Crippen MR) is 61.4 cm³/mol. The molecule has 0 fully saturated rings. The van der Waals surface area contributed by atoms with Crippen LogP contribution in [0.5, 0.6) is 0 Å². The molecule has 0 aromatic heterocycles. The lowest BCUT2D eigenvalue weighted by Gasteiger charge is -2.11. The van der Waals surface area contributed by atoms with Crippen molar-refractivity contribution in [3.05, 3.63) is 29.8 Å². The van der Waals surface area contributed by atoms with Crippen LogP contribution >= 0.6 is 0 Å². The zero-order chi connectivity index (χ0) is 11.3. The van der Waals surface area contributed by atoms with Crippen LogP contribution in [0.2, 0.25) is 0 Å². The smallest absolute Gasteiger partial charge is 0.159 e. The molecule has 15 heavy (non-hydrogen) atoms. The van der Waals surface area contributed by atoms with E-state index in [0.717, 1.165) is 17.8 Å². The Labute approximate surface area is 90.4 Å². The van der Waals surface area contributed by atoms with Crippen LogP contribution in [0.25, 0.3) is 0 Å². The fourth-order valence-corrected chi connectivity index (χ4v) is 1.17. The molecule has 0 aliphatic heterocycles. The van der Waals surface area contributed by atoms with E-state index >= 15 is 0 Å². The van der Waals surface area contributed by atoms with E-state index in [0.29, 0.717) is 0 Å². The molecule has 3 heteroatoms. The van der Waals surface area contributed by atoms with Crippen LogP contribution in [0.4, 0.5) is 5.69 Å². The van der Waals surface area contributed by atoms with Crippen molar-refractivity contribution in [2.75, 3.05) is 19.0 Å². The number of ether oxygens (including phenoxy) is 1. The van der Waals surface area contributed by atoms with Gasteiger partial charge in [0, 0.05) is 24.9 Å². The highest BCUT2D eigenvalue weighted by atomic mass is 16.5. The molecule has 1 atom stereocenters. The molecule has 1 unspecified atom stereocenters. The molecule has 1 N–H and O–H groups in total. The first-order valence-corrected chi connectivity index (χ1v) is 5.01. The summed E-state index contributed by atoms with van der Waals surface area (Å²) in [5.74, 6) is 0.0896. The normalized spacial score (nSPS) is 12.2. The summed E-state index contributed by atoms with van der Waals surface area (Å²) in [6.07, 6.45) is 0.178. The second-order valence-electron chi connectivity index (χ2n) is 3.56. The lowest BCUT2D eigenvalue weighted by molar-refractivity contribution is 0.101. The van der Waals surface area contributed by atoms with Gasteiger partial charge in [-0.25, -0.2) is 0 Å². The largest absolute Gasteiger partial charge is 0.382 e. The second kappa shape index (κ2) is 5.51. The molecule has 1 aromatic rings. The van der Waals surface area contributed by atoms with E-state index < -0.39 is 0 Å². The third-order valence-electron chi connectivity index (χ3n) is 2.29. The molecule has 82 valence electrons. The van der Waals surface area contributed by atoms with Crippen molar-refractivity contribution >= 4 is 11.5 Å². The second-order valence-corrected chi connectivity index (χ2v) is 3.56. The van der Waals surface area contributed by atoms with Gasteiger partial charge in [-0.15, -0.1) is 0 Å². The van der Waals surface area contributed by atoms with Gasteiger partial charge in [0.15, 0.2) is 5.78 Å². The van der Waals surface area contributed by atoms with Crippen molar-refractivity contribution in [1.29, 1.82) is 0 Å². The average molecular weight is 207 g/mol. The van der Waals surface area contributed by atoms with Crippen LogP contribution in [0.15, 0.2) is 24.3 Å². The third kappa shape index (κ3) is 3.72. The zero-order valence-electron chi connectivity index (χ0n) is 9.41. The molecule has 0 saturated carbocycles. The topological polar surface area (TPSA) is 38.3 Å². The first-order chi connectivity index (χ1) is 7.13. The standard InChI is InChI=1S/C12H17NO2/c1-9(15-3)8-13-12-6-4-11(5-7-12)10(2)14/h4-7,9,13H,8H2,1-3H3. The van der Waals surface area contributed by atoms with Crippen LogP contribution < -0.4 is 5.32 Å². The molecule has 1 aromatic carbocycles. The molecule has 0 aliphatic rings. The highest BCUT2D eigenvalue weighted by Crippen LogP contribution is 2.10. The van der Waals surface area contributed by atoms with Crippen molar-refractivity contribution in [3.8, 4) is 0 Å². The molecule has 0 heterocycles. The first-order valence-electron chi connectivity index (χ1n) is 5.01. The summed E-state index contributed by atoms with van der Waals surface area (Å²) in [5, 5.41) is 3.23. The van der Waals surface area contributed by atoms with Gasteiger partial charge in [0.25, 0.3) is 0 Å². The number of rotatable bonds is 5. The summed E-state index contributed by atoms with van der Waals surface area (Å²) in [4.78, 5) is 11.0. The molecule has 3 nitrogen and oxygen atoms in total. The Balaban J connectivity index is 2.53. The van der Waals surface area contributed by atoms with Gasteiger partial charge in [-0.05, 0) is 38.1 Å². The summed E-state index contributed by atoms with van der Waals surface area (Å²) >= 11 is 0. The zero-order valence-corrected chi connectivity index (χ0v) is 9.41. The maximum atomic E-state index is 11.0. The number of methoxy groups -OCH3 is 1. The van der Waals surface area contributed by atoms with Crippen LogP contribution in [0, 0.1) is 0 Å². The number of hydrogen-bond donors (Lipinski definition) is 1. The van der Waals surface area contributed by atoms with E-state index in [1.54, 1.807) is 14.0 Å².